The maximum absolute atomic E-state index is 6.18. The van der Waals surface area contributed by atoms with Gasteiger partial charge in [-0.25, -0.2) is 0 Å². The fourth-order valence-electron chi connectivity index (χ4n) is 2.15. The molecule has 0 bridgehead atoms. The van der Waals surface area contributed by atoms with Crippen LogP contribution in [0.2, 0.25) is 0 Å². The van der Waals surface area contributed by atoms with Gasteiger partial charge in [-0.1, -0.05) is 27.7 Å². The largest absolute Gasteiger partial charge is 0.123 e. The van der Waals surface area contributed by atoms with E-state index in [4.69, 9.17) is 11.6 Å². The highest BCUT2D eigenvalue weighted by molar-refractivity contribution is 6.20. The topological polar surface area (TPSA) is 0 Å². The van der Waals surface area contributed by atoms with E-state index in [1.54, 1.807) is 0 Å². The van der Waals surface area contributed by atoms with Crippen LogP contribution in [0.1, 0.15) is 47.0 Å². The standard InChI is InChI=1S/C11H21Cl/c1-8-7-9(11(2,3)4)5-6-10(8)12/h8-10H,5-7H2,1-4H3/t8-,9+,10-/m0/s1. The summed E-state index contributed by atoms with van der Waals surface area (Å²) in [6, 6.07) is 0. The predicted molar refractivity (Wildman–Crippen MR) is 55.6 cm³/mol. The Bertz CT molecular complexity index is 146. The molecule has 0 aromatic rings. The number of rotatable bonds is 0. The Morgan fingerprint density at radius 1 is 1.17 bits per heavy atom. The van der Waals surface area contributed by atoms with Gasteiger partial charge in [0, 0.05) is 5.38 Å². The lowest BCUT2D eigenvalue weighted by molar-refractivity contribution is 0.151. The highest BCUT2D eigenvalue weighted by atomic mass is 35.5. The van der Waals surface area contributed by atoms with E-state index in [0.29, 0.717) is 16.7 Å². The van der Waals surface area contributed by atoms with Crippen molar-refractivity contribution in [3.05, 3.63) is 0 Å². The van der Waals surface area contributed by atoms with E-state index in [2.05, 4.69) is 27.7 Å². The van der Waals surface area contributed by atoms with E-state index >= 15 is 0 Å². The molecule has 12 heavy (non-hydrogen) atoms. The lowest BCUT2D eigenvalue weighted by Crippen LogP contribution is -2.30. The SMILES string of the molecule is C[C@H]1C[C@H](C(C)(C)C)CC[C@@H]1Cl. The molecule has 0 nitrogen and oxygen atoms in total. The van der Waals surface area contributed by atoms with Crippen molar-refractivity contribution >= 4 is 11.6 Å². The van der Waals surface area contributed by atoms with E-state index in [-0.39, 0.29) is 0 Å². The number of alkyl halides is 1. The molecular weight excluding hydrogens is 168 g/mol. The maximum Gasteiger partial charge on any atom is 0.0361 e. The van der Waals surface area contributed by atoms with E-state index in [0.717, 1.165) is 5.92 Å². The number of hydrogen-bond acceptors (Lipinski definition) is 0. The molecule has 0 N–H and O–H groups in total. The summed E-state index contributed by atoms with van der Waals surface area (Å²) in [7, 11) is 0. The van der Waals surface area contributed by atoms with Gasteiger partial charge in [0.05, 0.1) is 0 Å². The molecule has 0 aliphatic heterocycles. The van der Waals surface area contributed by atoms with Crippen molar-refractivity contribution in [2.45, 2.75) is 52.3 Å². The van der Waals surface area contributed by atoms with E-state index < -0.39 is 0 Å². The molecule has 1 rings (SSSR count). The fraction of sp³-hybridized carbons (Fsp3) is 1.00. The third-order valence-electron chi connectivity index (χ3n) is 3.29. The molecule has 0 unspecified atom stereocenters. The second-order valence-electron chi connectivity index (χ2n) is 5.37. The third-order valence-corrected chi connectivity index (χ3v) is 3.94. The van der Waals surface area contributed by atoms with Gasteiger partial charge in [-0.3, -0.25) is 0 Å². The molecule has 0 spiro atoms. The molecule has 0 aromatic heterocycles. The summed E-state index contributed by atoms with van der Waals surface area (Å²) in [5.74, 6) is 1.59. The van der Waals surface area contributed by atoms with Crippen molar-refractivity contribution in [2.75, 3.05) is 0 Å². The Morgan fingerprint density at radius 3 is 2.17 bits per heavy atom. The Labute approximate surface area is 81.7 Å². The van der Waals surface area contributed by atoms with Crippen molar-refractivity contribution in [1.29, 1.82) is 0 Å². The Kier molecular flexibility index (Phi) is 3.09. The average molecular weight is 189 g/mol. The summed E-state index contributed by atoms with van der Waals surface area (Å²) in [4.78, 5) is 0. The summed E-state index contributed by atoms with van der Waals surface area (Å²) < 4.78 is 0. The first-order valence-electron chi connectivity index (χ1n) is 5.05. The second kappa shape index (κ2) is 3.57. The minimum Gasteiger partial charge on any atom is -0.123 e. The van der Waals surface area contributed by atoms with Crippen LogP contribution in [0.4, 0.5) is 0 Å². The van der Waals surface area contributed by atoms with Crippen LogP contribution in [-0.2, 0) is 0 Å². The van der Waals surface area contributed by atoms with Crippen LogP contribution < -0.4 is 0 Å². The summed E-state index contributed by atoms with van der Waals surface area (Å²) in [5.41, 5.74) is 0.477. The van der Waals surface area contributed by atoms with E-state index in [1.807, 2.05) is 0 Å². The zero-order valence-electron chi connectivity index (χ0n) is 8.73. The predicted octanol–water partition coefficient (Wildman–Crippen LogP) is 4.08. The first-order chi connectivity index (χ1) is 5.41. The molecule has 1 heteroatoms. The molecule has 0 saturated heterocycles. The summed E-state index contributed by atoms with van der Waals surface area (Å²) in [6.07, 6.45) is 3.85. The van der Waals surface area contributed by atoms with Crippen LogP contribution in [0.3, 0.4) is 0 Å². The summed E-state index contributed by atoms with van der Waals surface area (Å²) in [5, 5.41) is 0.434. The van der Waals surface area contributed by atoms with Crippen LogP contribution in [0.25, 0.3) is 0 Å². The van der Waals surface area contributed by atoms with Crippen molar-refractivity contribution in [3.63, 3.8) is 0 Å². The van der Waals surface area contributed by atoms with Gasteiger partial charge >= 0.3 is 0 Å². The Balaban J connectivity index is 2.51. The van der Waals surface area contributed by atoms with Crippen molar-refractivity contribution < 1.29 is 0 Å². The molecule has 0 heterocycles. The van der Waals surface area contributed by atoms with Gasteiger partial charge in [-0.15, -0.1) is 11.6 Å². The highest BCUT2D eigenvalue weighted by Crippen LogP contribution is 2.41. The van der Waals surface area contributed by atoms with Gasteiger partial charge in [-0.05, 0) is 36.5 Å². The van der Waals surface area contributed by atoms with Crippen LogP contribution in [0, 0.1) is 17.3 Å². The molecule has 1 aliphatic rings. The van der Waals surface area contributed by atoms with Crippen LogP contribution in [0.15, 0.2) is 0 Å². The zero-order chi connectivity index (χ0) is 9.35. The molecular formula is C11H21Cl. The van der Waals surface area contributed by atoms with Crippen molar-refractivity contribution in [1.82, 2.24) is 0 Å². The lowest BCUT2D eigenvalue weighted by Gasteiger charge is -2.38. The smallest absolute Gasteiger partial charge is 0.0361 e. The van der Waals surface area contributed by atoms with Gasteiger partial charge in [0.15, 0.2) is 0 Å². The second-order valence-corrected chi connectivity index (χ2v) is 5.93. The molecule has 0 amide bonds. The van der Waals surface area contributed by atoms with Gasteiger partial charge < -0.3 is 0 Å². The maximum atomic E-state index is 6.18. The first-order valence-corrected chi connectivity index (χ1v) is 5.49. The molecule has 1 fully saturated rings. The minimum absolute atomic E-state index is 0.434. The molecule has 0 radical (unpaired) electrons. The minimum atomic E-state index is 0.434. The van der Waals surface area contributed by atoms with Gasteiger partial charge in [-0.2, -0.15) is 0 Å². The highest BCUT2D eigenvalue weighted by Gasteiger charge is 2.32. The van der Waals surface area contributed by atoms with Gasteiger partial charge in [0.2, 0.25) is 0 Å². The van der Waals surface area contributed by atoms with Crippen LogP contribution >= 0.6 is 11.6 Å². The molecule has 1 saturated carbocycles. The third kappa shape index (κ3) is 2.39. The summed E-state index contributed by atoms with van der Waals surface area (Å²) in [6.45, 7) is 9.33. The molecule has 3 atom stereocenters. The van der Waals surface area contributed by atoms with Gasteiger partial charge in [0.1, 0.15) is 0 Å². The van der Waals surface area contributed by atoms with E-state index in [1.165, 1.54) is 19.3 Å². The molecule has 0 aromatic carbocycles. The molecule has 1 aliphatic carbocycles. The number of hydrogen-bond donors (Lipinski definition) is 0. The van der Waals surface area contributed by atoms with Crippen molar-refractivity contribution in [3.8, 4) is 0 Å². The van der Waals surface area contributed by atoms with Crippen LogP contribution in [-0.4, -0.2) is 5.38 Å². The van der Waals surface area contributed by atoms with Crippen molar-refractivity contribution in [2.24, 2.45) is 17.3 Å². The molecule has 72 valence electrons. The number of halogens is 1. The quantitative estimate of drug-likeness (QED) is 0.503. The lowest BCUT2D eigenvalue weighted by atomic mass is 9.69. The monoisotopic (exact) mass is 188 g/mol. The van der Waals surface area contributed by atoms with E-state index in [9.17, 15) is 0 Å². The average Bonchev–Trinajstić information content (AvgIpc) is 1.92. The van der Waals surface area contributed by atoms with Gasteiger partial charge in [0.25, 0.3) is 0 Å². The Morgan fingerprint density at radius 2 is 1.75 bits per heavy atom. The first kappa shape index (κ1) is 10.4. The normalized spacial score (nSPS) is 38.2. The Hall–Kier alpha value is 0.290. The zero-order valence-corrected chi connectivity index (χ0v) is 9.49. The summed E-state index contributed by atoms with van der Waals surface area (Å²) >= 11 is 6.18. The fourth-order valence-corrected chi connectivity index (χ4v) is 2.37. The van der Waals surface area contributed by atoms with Crippen LogP contribution in [0.5, 0.6) is 0 Å².